The first kappa shape index (κ1) is 14.6. The molecule has 4 heteroatoms. The number of methoxy groups -OCH3 is 1. The molecule has 0 aliphatic carbocycles. The molecule has 0 saturated heterocycles. The van der Waals surface area contributed by atoms with Gasteiger partial charge in [0.1, 0.15) is 5.69 Å². The highest BCUT2D eigenvalue weighted by molar-refractivity contribution is 5.27. The van der Waals surface area contributed by atoms with E-state index in [1.54, 1.807) is 13.3 Å². The second-order valence-corrected chi connectivity index (χ2v) is 4.86. The third kappa shape index (κ3) is 3.39. The van der Waals surface area contributed by atoms with Gasteiger partial charge in [-0.2, -0.15) is 5.10 Å². The van der Waals surface area contributed by atoms with Gasteiger partial charge in [0.15, 0.2) is 5.75 Å². The molecule has 2 aromatic rings. The lowest BCUT2D eigenvalue weighted by atomic mass is 10.0. The van der Waals surface area contributed by atoms with Crippen LogP contribution in [-0.4, -0.2) is 22.0 Å². The Morgan fingerprint density at radius 2 is 2.05 bits per heavy atom. The van der Waals surface area contributed by atoms with Gasteiger partial charge in [0.05, 0.1) is 19.4 Å². The fraction of sp³-hybridized carbons (Fsp3) is 0.438. The van der Waals surface area contributed by atoms with Gasteiger partial charge in [-0.15, -0.1) is 0 Å². The van der Waals surface area contributed by atoms with Gasteiger partial charge in [0, 0.05) is 6.54 Å². The topological polar surface area (TPSA) is 47.3 Å². The maximum Gasteiger partial charge on any atom is 0.162 e. The molecule has 1 aromatic carbocycles. The number of aromatic nitrogens is 2. The number of aryl methyl sites for hydroxylation is 2. The lowest BCUT2D eigenvalue weighted by Gasteiger charge is -2.14. The van der Waals surface area contributed by atoms with E-state index in [0.29, 0.717) is 12.2 Å². The molecular formula is C16H22N2O2. The predicted molar refractivity (Wildman–Crippen MR) is 78.8 cm³/mol. The second-order valence-electron chi connectivity index (χ2n) is 4.86. The normalized spacial score (nSPS) is 12.3. The molecule has 0 aliphatic rings. The van der Waals surface area contributed by atoms with Crippen molar-refractivity contribution in [3.05, 3.63) is 47.8 Å². The van der Waals surface area contributed by atoms with Crippen LogP contribution in [0, 0.1) is 0 Å². The van der Waals surface area contributed by atoms with Crippen LogP contribution in [0.1, 0.15) is 37.1 Å². The van der Waals surface area contributed by atoms with Gasteiger partial charge >= 0.3 is 0 Å². The number of aliphatic hydroxyl groups excluding tert-OH is 1. The largest absolute Gasteiger partial charge is 0.493 e. The molecule has 2 rings (SSSR count). The summed E-state index contributed by atoms with van der Waals surface area (Å²) in [5.41, 5.74) is 2.01. The van der Waals surface area contributed by atoms with E-state index in [9.17, 15) is 5.11 Å². The molecule has 0 bridgehead atoms. The molecule has 4 nitrogen and oxygen atoms in total. The second kappa shape index (κ2) is 7.10. The Bertz CT molecular complexity index is 523. The summed E-state index contributed by atoms with van der Waals surface area (Å²) in [5, 5.41) is 14.7. The van der Waals surface area contributed by atoms with E-state index < -0.39 is 6.10 Å². The Balaban J connectivity index is 2.08. The van der Waals surface area contributed by atoms with Crippen LogP contribution >= 0.6 is 0 Å². The van der Waals surface area contributed by atoms with Crippen LogP contribution in [-0.2, 0) is 13.0 Å². The number of hydrogen-bond donors (Lipinski definition) is 1. The first-order chi connectivity index (χ1) is 9.76. The summed E-state index contributed by atoms with van der Waals surface area (Å²) in [7, 11) is 1.61. The first-order valence-electron chi connectivity index (χ1n) is 7.08. The van der Waals surface area contributed by atoms with Crippen molar-refractivity contribution in [1.29, 1.82) is 0 Å². The van der Waals surface area contributed by atoms with Crippen molar-refractivity contribution in [1.82, 2.24) is 9.78 Å². The molecular weight excluding hydrogens is 252 g/mol. The average Bonchev–Trinajstić information content (AvgIpc) is 2.89. The Labute approximate surface area is 120 Å². The molecule has 0 spiro atoms. The number of ether oxygens (including phenoxy) is 1. The summed E-state index contributed by atoms with van der Waals surface area (Å²) in [6.07, 6.45) is 3.59. The van der Waals surface area contributed by atoms with Crippen LogP contribution in [0.5, 0.6) is 5.75 Å². The van der Waals surface area contributed by atoms with E-state index in [2.05, 4.69) is 24.2 Å². The molecule has 1 N–H and O–H groups in total. The van der Waals surface area contributed by atoms with Crippen LogP contribution in [0.15, 0.2) is 36.5 Å². The summed E-state index contributed by atoms with van der Waals surface area (Å²) in [6.45, 7) is 2.88. The Morgan fingerprint density at radius 1 is 1.30 bits per heavy atom. The highest BCUT2D eigenvalue weighted by atomic mass is 16.5. The third-order valence-corrected chi connectivity index (χ3v) is 3.37. The molecule has 0 fully saturated rings. The third-order valence-electron chi connectivity index (χ3n) is 3.37. The first-order valence-corrected chi connectivity index (χ1v) is 7.08. The molecule has 0 amide bonds. The maximum atomic E-state index is 10.4. The van der Waals surface area contributed by atoms with Gasteiger partial charge in [-0.25, -0.2) is 0 Å². The van der Waals surface area contributed by atoms with Gasteiger partial charge in [-0.1, -0.05) is 37.3 Å². The molecule has 108 valence electrons. The molecule has 1 atom stereocenters. The fourth-order valence-electron chi connectivity index (χ4n) is 2.35. The van der Waals surface area contributed by atoms with Crippen LogP contribution in [0.3, 0.4) is 0 Å². The zero-order valence-electron chi connectivity index (χ0n) is 12.1. The highest BCUT2D eigenvalue weighted by Gasteiger charge is 2.19. The van der Waals surface area contributed by atoms with E-state index in [1.165, 1.54) is 5.56 Å². The lowest BCUT2D eigenvalue weighted by molar-refractivity contribution is 0.152. The Hall–Kier alpha value is -1.81. The summed E-state index contributed by atoms with van der Waals surface area (Å²) in [5.74, 6) is 0.666. The van der Waals surface area contributed by atoms with Crippen molar-refractivity contribution in [2.45, 2.75) is 38.8 Å². The van der Waals surface area contributed by atoms with E-state index in [4.69, 9.17) is 4.74 Å². The number of aliphatic hydroxyl groups is 1. The van der Waals surface area contributed by atoms with Gasteiger partial charge in [-0.3, -0.25) is 4.68 Å². The minimum Gasteiger partial charge on any atom is -0.493 e. The van der Waals surface area contributed by atoms with Crippen molar-refractivity contribution < 1.29 is 9.84 Å². The predicted octanol–water partition coefficient (Wildman–Crippen LogP) is 2.97. The molecule has 0 saturated carbocycles. The summed E-state index contributed by atoms with van der Waals surface area (Å²) < 4.78 is 7.14. The minimum absolute atomic E-state index is 0.556. The maximum absolute atomic E-state index is 10.4. The van der Waals surface area contributed by atoms with Crippen molar-refractivity contribution in [2.24, 2.45) is 0 Å². The summed E-state index contributed by atoms with van der Waals surface area (Å²) in [6, 6.07) is 10.2. The van der Waals surface area contributed by atoms with Crippen molar-refractivity contribution >= 4 is 0 Å². The van der Waals surface area contributed by atoms with Crippen LogP contribution in [0.4, 0.5) is 0 Å². The van der Waals surface area contributed by atoms with Crippen molar-refractivity contribution in [3.63, 3.8) is 0 Å². The highest BCUT2D eigenvalue weighted by Crippen LogP contribution is 2.28. The van der Waals surface area contributed by atoms with Gasteiger partial charge in [0.25, 0.3) is 0 Å². The fourth-order valence-corrected chi connectivity index (χ4v) is 2.35. The standard InChI is InChI=1S/C16H22N2O2/c1-3-11-18-16(15(20-2)12-17-18)14(19)10-9-13-7-5-4-6-8-13/h4-8,12,14,19H,3,9-11H2,1-2H3. The molecule has 1 unspecified atom stereocenters. The van der Waals surface area contributed by atoms with Gasteiger partial charge in [0.2, 0.25) is 0 Å². The smallest absolute Gasteiger partial charge is 0.162 e. The molecule has 1 aromatic heterocycles. The van der Waals surface area contributed by atoms with E-state index in [0.717, 1.165) is 25.1 Å². The quantitative estimate of drug-likeness (QED) is 0.844. The molecule has 20 heavy (non-hydrogen) atoms. The summed E-state index contributed by atoms with van der Waals surface area (Å²) in [4.78, 5) is 0. The van der Waals surface area contributed by atoms with E-state index >= 15 is 0 Å². The van der Waals surface area contributed by atoms with Gasteiger partial charge in [-0.05, 0) is 24.8 Å². The SMILES string of the molecule is CCCn1ncc(OC)c1C(O)CCc1ccccc1. The minimum atomic E-state index is -0.556. The molecule has 1 heterocycles. The Morgan fingerprint density at radius 3 is 2.70 bits per heavy atom. The number of hydrogen-bond acceptors (Lipinski definition) is 3. The monoisotopic (exact) mass is 274 g/mol. The van der Waals surface area contributed by atoms with E-state index in [1.807, 2.05) is 22.9 Å². The lowest BCUT2D eigenvalue weighted by Crippen LogP contribution is -2.11. The summed E-state index contributed by atoms with van der Waals surface area (Å²) >= 11 is 0. The van der Waals surface area contributed by atoms with Gasteiger partial charge < -0.3 is 9.84 Å². The number of nitrogens with zero attached hydrogens (tertiary/aromatic N) is 2. The molecule has 0 aliphatic heterocycles. The van der Waals surface area contributed by atoms with Crippen LogP contribution in [0.2, 0.25) is 0 Å². The zero-order chi connectivity index (χ0) is 14.4. The molecule has 0 radical (unpaired) electrons. The average molecular weight is 274 g/mol. The zero-order valence-corrected chi connectivity index (χ0v) is 12.1. The van der Waals surface area contributed by atoms with E-state index in [-0.39, 0.29) is 0 Å². The Kier molecular flexibility index (Phi) is 5.18. The van der Waals surface area contributed by atoms with Crippen LogP contribution in [0.25, 0.3) is 0 Å². The number of benzene rings is 1. The number of rotatable bonds is 7. The van der Waals surface area contributed by atoms with Crippen LogP contribution < -0.4 is 4.74 Å². The van der Waals surface area contributed by atoms with Crippen molar-refractivity contribution in [3.8, 4) is 5.75 Å². The van der Waals surface area contributed by atoms with Crippen molar-refractivity contribution in [2.75, 3.05) is 7.11 Å².